The first-order chi connectivity index (χ1) is 6.49. The van der Waals surface area contributed by atoms with E-state index in [1.807, 2.05) is 0 Å². The normalized spacial score (nSPS) is 26.2. The molecule has 0 bridgehead atoms. The summed E-state index contributed by atoms with van der Waals surface area (Å²) in [5.41, 5.74) is 0. The summed E-state index contributed by atoms with van der Waals surface area (Å²) in [7, 11) is 0. The van der Waals surface area contributed by atoms with Crippen molar-refractivity contribution in [1.29, 1.82) is 0 Å². The number of cyclic esters (lactones) is 1. The number of aliphatic hydroxyl groups excluding tert-OH is 5. The molecule has 1 aliphatic rings. The molecule has 7 heteroatoms. The Balaban J connectivity index is 2.78. The van der Waals surface area contributed by atoms with Crippen LogP contribution in [0.4, 0.5) is 0 Å². The van der Waals surface area contributed by atoms with Crippen LogP contribution in [0.2, 0.25) is 0 Å². The van der Waals surface area contributed by atoms with Gasteiger partial charge in [0.05, 0.1) is 6.61 Å². The molecule has 0 aromatic heterocycles. The number of esters is 1. The van der Waals surface area contributed by atoms with Crippen LogP contribution in [0.5, 0.6) is 0 Å². The Kier molecular flexibility index (Phi) is 2.94. The van der Waals surface area contributed by atoms with Crippen LogP contribution < -0.4 is 0 Å². The standard InChI is InChI=1S/C7H10O7/c8-1-2(9)3(10)6-4(11)5(12)7(13)14-6/h2-3,6,8-12H,1H2/t2-,3-,6+/m1/s1. The molecule has 3 atom stereocenters. The molecule has 0 spiro atoms. The number of ether oxygens (including phenoxy) is 1. The predicted molar refractivity (Wildman–Crippen MR) is 41.3 cm³/mol. The van der Waals surface area contributed by atoms with Gasteiger partial charge in [-0.05, 0) is 0 Å². The predicted octanol–water partition coefficient (Wildman–Crippen LogP) is -2.05. The van der Waals surface area contributed by atoms with E-state index in [1.165, 1.54) is 0 Å². The van der Waals surface area contributed by atoms with Gasteiger partial charge in [-0.2, -0.15) is 0 Å². The first kappa shape index (κ1) is 10.8. The number of carbonyl (C=O) groups excluding carboxylic acids is 1. The Hall–Kier alpha value is -1.31. The van der Waals surface area contributed by atoms with Gasteiger partial charge in [0.1, 0.15) is 12.2 Å². The zero-order valence-electron chi connectivity index (χ0n) is 6.99. The van der Waals surface area contributed by atoms with Crippen molar-refractivity contribution in [3.63, 3.8) is 0 Å². The summed E-state index contributed by atoms with van der Waals surface area (Å²) in [6.07, 6.45) is -4.79. The van der Waals surface area contributed by atoms with Crippen LogP contribution in [0.1, 0.15) is 0 Å². The summed E-state index contributed by atoms with van der Waals surface area (Å²) < 4.78 is 4.34. The minimum Gasteiger partial charge on any atom is -0.505 e. The van der Waals surface area contributed by atoms with Gasteiger partial charge in [0.15, 0.2) is 11.9 Å². The Morgan fingerprint density at radius 1 is 1.36 bits per heavy atom. The zero-order chi connectivity index (χ0) is 10.9. The molecule has 0 aliphatic carbocycles. The molecule has 0 amide bonds. The largest absolute Gasteiger partial charge is 0.505 e. The fourth-order valence-electron chi connectivity index (χ4n) is 1.01. The minimum atomic E-state index is -1.69. The van der Waals surface area contributed by atoms with Crippen LogP contribution in [-0.2, 0) is 9.53 Å². The van der Waals surface area contributed by atoms with Gasteiger partial charge >= 0.3 is 5.97 Å². The maximum Gasteiger partial charge on any atom is 0.377 e. The average Bonchev–Trinajstić information content (AvgIpc) is 2.43. The number of hydrogen-bond donors (Lipinski definition) is 5. The monoisotopic (exact) mass is 206 g/mol. The van der Waals surface area contributed by atoms with Crippen LogP contribution in [-0.4, -0.2) is 56.4 Å². The second-order valence-electron chi connectivity index (χ2n) is 2.80. The third kappa shape index (κ3) is 1.65. The van der Waals surface area contributed by atoms with Gasteiger partial charge in [0.25, 0.3) is 0 Å². The molecule has 0 saturated heterocycles. The summed E-state index contributed by atoms with van der Waals surface area (Å²) in [6, 6.07) is 0. The van der Waals surface area contributed by atoms with E-state index in [0.29, 0.717) is 0 Å². The maximum atomic E-state index is 10.7. The lowest BCUT2D eigenvalue weighted by atomic mass is 10.1. The molecule has 0 fully saturated rings. The van der Waals surface area contributed by atoms with E-state index in [0.717, 1.165) is 0 Å². The second kappa shape index (κ2) is 3.82. The Labute approximate surface area is 78.5 Å². The van der Waals surface area contributed by atoms with Gasteiger partial charge in [-0.15, -0.1) is 0 Å². The van der Waals surface area contributed by atoms with Crippen molar-refractivity contribution in [2.24, 2.45) is 0 Å². The summed E-state index contributed by atoms with van der Waals surface area (Å²) in [6.45, 7) is -0.761. The number of rotatable bonds is 3. The fraction of sp³-hybridized carbons (Fsp3) is 0.571. The van der Waals surface area contributed by atoms with Crippen LogP contribution in [0, 0.1) is 0 Å². The summed E-state index contributed by atoms with van der Waals surface area (Å²) >= 11 is 0. The Morgan fingerprint density at radius 2 is 1.93 bits per heavy atom. The molecule has 1 aliphatic heterocycles. The van der Waals surface area contributed by atoms with E-state index in [9.17, 15) is 9.90 Å². The van der Waals surface area contributed by atoms with Crippen molar-refractivity contribution < 1.29 is 35.1 Å². The van der Waals surface area contributed by atoms with Gasteiger partial charge < -0.3 is 30.3 Å². The highest BCUT2D eigenvalue weighted by Crippen LogP contribution is 2.22. The molecule has 80 valence electrons. The van der Waals surface area contributed by atoms with Crippen LogP contribution >= 0.6 is 0 Å². The number of carbonyl (C=O) groups is 1. The van der Waals surface area contributed by atoms with Crippen molar-refractivity contribution in [3.05, 3.63) is 11.5 Å². The third-order valence-corrected chi connectivity index (χ3v) is 1.83. The Morgan fingerprint density at radius 3 is 2.29 bits per heavy atom. The van der Waals surface area contributed by atoms with Gasteiger partial charge in [0.2, 0.25) is 5.76 Å². The van der Waals surface area contributed by atoms with Crippen molar-refractivity contribution >= 4 is 5.97 Å². The van der Waals surface area contributed by atoms with Gasteiger partial charge in [-0.3, -0.25) is 0 Å². The molecule has 0 saturated carbocycles. The molecular weight excluding hydrogens is 196 g/mol. The van der Waals surface area contributed by atoms with E-state index in [1.54, 1.807) is 0 Å². The molecule has 1 heterocycles. The molecule has 1 rings (SSSR count). The highest BCUT2D eigenvalue weighted by molar-refractivity contribution is 5.89. The van der Waals surface area contributed by atoms with Gasteiger partial charge in [-0.1, -0.05) is 0 Å². The number of aliphatic hydroxyl groups is 5. The average molecular weight is 206 g/mol. The molecule has 0 aromatic carbocycles. The first-order valence-corrected chi connectivity index (χ1v) is 3.79. The number of hydrogen-bond acceptors (Lipinski definition) is 7. The molecule has 0 unspecified atom stereocenters. The Bertz CT molecular complexity index is 271. The quantitative estimate of drug-likeness (QED) is 0.336. The van der Waals surface area contributed by atoms with Crippen molar-refractivity contribution in [2.75, 3.05) is 6.61 Å². The van der Waals surface area contributed by atoms with Crippen molar-refractivity contribution in [2.45, 2.75) is 18.3 Å². The van der Waals surface area contributed by atoms with E-state index in [4.69, 9.17) is 20.4 Å². The smallest absolute Gasteiger partial charge is 0.377 e. The summed E-state index contributed by atoms with van der Waals surface area (Å²) in [5.74, 6) is -3.04. The molecule has 0 aromatic rings. The van der Waals surface area contributed by atoms with Gasteiger partial charge in [0, 0.05) is 0 Å². The van der Waals surface area contributed by atoms with Crippen LogP contribution in [0.15, 0.2) is 11.5 Å². The lowest BCUT2D eigenvalue weighted by Gasteiger charge is -2.20. The fourth-order valence-corrected chi connectivity index (χ4v) is 1.01. The molecule has 14 heavy (non-hydrogen) atoms. The highest BCUT2D eigenvalue weighted by Gasteiger charge is 2.41. The SMILES string of the molecule is O=C1O[C@@H]([C@H](O)[C@H](O)CO)C(O)=C1O. The van der Waals surface area contributed by atoms with E-state index in [-0.39, 0.29) is 0 Å². The molecular formula is C7H10O7. The molecule has 7 nitrogen and oxygen atoms in total. The van der Waals surface area contributed by atoms with Crippen LogP contribution in [0.3, 0.4) is 0 Å². The zero-order valence-corrected chi connectivity index (χ0v) is 6.99. The van der Waals surface area contributed by atoms with Crippen molar-refractivity contribution in [3.8, 4) is 0 Å². The van der Waals surface area contributed by atoms with E-state index in [2.05, 4.69) is 4.74 Å². The topological polar surface area (TPSA) is 127 Å². The molecule has 0 radical (unpaired) electrons. The summed E-state index contributed by atoms with van der Waals surface area (Å²) in [4.78, 5) is 10.7. The first-order valence-electron chi connectivity index (χ1n) is 3.79. The lowest BCUT2D eigenvalue weighted by molar-refractivity contribution is -0.151. The third-order valence-electron chi connectivity index (χ3n) is 1.83. The minimum absolute atomic E-state index is 0.761. The van der Waals surface area contributed by atoms with Crippen molar-refractivity contribution in [1.82, 2.24) is 0 Å². The highest BCUT2D eigenvalue weighted by atomic mass is 16.6. The van der Waals surface area contributed by atoms with Crippen LogP contribution in [0.25, 0.3) is 0 Å². The van der Waals surface area contributed by atoms with E-state index >= 15 is 0 Å². The second-order valence-corrected chi connectivity index (χ2v) is 2.80. The van der Waals surface area contributed by atoms with Gasteiger partial charge in [-0.25, -0.2) is 4.79 Å². The maximum absolute atomic E-state index is 10.7. The summed E-state index contributed by atoms with van der Waals surface area (Å²) in [5, 5.41) is 44.6. The lowest BCUT2D eigenvalue weighted by Crippen LogP contribution is -2.40. The molecule has 5 N–H and O–H groups in total. The van der Waals surface area contributed by atoms with E-state index < -0.39 is 42.4 Å².